The lowest BCUT2D eigenvalue weighted by Crippen LogP contribution is -2.36. The number of phenols is 1. The van der Waals surface area contributed by atoms with Gasteiger partial charge in [-0.3, -0.25) is 4.79 Å². The number of aromatic hydroxyl groups is 1. The zero-order valence-electron chi connectivity index (χ0n) is 17.2. The van der Waals surface area contributed by atoms with Gasteiger partial charge in [0.15, 0.2) is 11.5 Å². The van der Waals surface area contributed by atoms with E-state index in [4.69, 9.17) is 9.47 Å². The van der Waals surface area contributed by atoms with Gasteiger partial charge in [0.1, 0.15) is 5.75 Å². The Kier molecular flexibility index (Phi) is 7.79. The normalized spacial score (nSPS) is 11.6. The first-order valence-corrected chi connectivity index (χ1v) is 10.5. The average molecular weight is 436 g/mol. The van der Waals surface area contributed by atoms with Crippen molar-refractivity contribution in [3.8, 4) is 17.2 Å². The second-order valence-electron chi connectivity index (χ2n) is 6.35. The summed E-state index contributed by atoms with van der Waals surface area (Å²) in [5.74, 6) is 0.267. The summed E-state index contributed by atoms with van der Waals surface area (Å²) in [7, 11) is -1.04. The predicted molar refractivity (Wildman–Crippen MR) is 113 cm³/mol. The lowest BCUT2D eigenvalue weighted by Gasteiger charge is -2.17. The Labute approximate surface area is 176 Å². The van der Waals surface area contributed by atoms with Crippen LogP contribution in [0.3, 0.4) is 0 Å². The van der Waals surface area contributed by atoms with Gasteiger partial charge in [0.2, 0.25) is 10.0 Å². The number of sulfonamides is 1. The molecule has 0 heterocycles. The Balaban J connectivity index is 2.01. The van der Waals surface area contributed by atoms with Crippen LogP contribution in [0.4, 0.5) is 0 Å². The van der Waals surface area contributed by atoms with Crippen molar-refractivity contribution in [2.75, 3.05) is 27.3 Å². The zero-order valence-corrected chi connectivity index (χ0v) is 18.1. The fourth-order valence-corrected chi connectivity index (χ4v) is 3.79. The number of likely N-dealkylation sites (N-methyl/N-ethyl adjacent to an activating group) is 1. The van der Waals surface area contributed by atoms with E-state index >= 15 is 0 Å². The molecule has 1 amide bonds. The fourth-order valence-electron chi connectivity index (χ4n) is 2.57. The summed E-state index contributed by atoms with van der Waals surface area (Å²) >= 11 is 0. The minimum absolute atomic E-state index is 0.00126. The molecule has 0 aromatic heterocycles. The average Bonchev–Trinajstić information content (AvgIpc) is 2.70. The molecule has 0 aliphatic heterocycles. The summed E-state index contributed by atoms with van der Waals surface area (Å²) < 4.78 is 36.7. The van der Waals surface area contributed by atoms with Crippen LogP contribution in [0.25, 0.3) is 0 Å². The molecule has 9 nitrogen and oxygen atoms in total. The number of nitrogens with zero attached hydrogens (tertiary/aromatic N) is 2. The van der Waals surface area contributed by atoms with Crippen LogP contribution in [0.5, 0.6) is 17.2 Å². The van der Waals surface area contributed by atoms with Crippen LogP contribution in [-0.2, 0) is 14.8 Å². The van der Waals surface area contributed by atoms with Crippen molar-refractivity contribution in [3.05, 3.63) is 47.5 Å². The third-order valence-corrected chi connectivity index (χ3v) is 5.93. The summed E-state index contributed by atoms with van der Waals surface area (Å²) in [6.07, 6.45) is 1.36. The molecule has 10 heteroatoms. The van der Waals surface area contributed by atoms with E-state index in [-0.39, 0.29) is 10.6 Å². The molecule has 0 aliphatic rings. The number of carbonyl (C=O) groups is 1. The van der Waals surface area contributed by atoms with Crippen molar-refractivity contribution in [2.45, 2.75) is 18.7 Å². The van der Waals surface area contributed by atoms with Crippen molar-refractivity contribution >= 4 is 22.1 Å². The van der Waals surface area contributed by atoms with Crippen molar-refractivity contribution in [1.29, 1.82) is 0 Å². The lowest BCUT2D eigenvalue weighted by molar-refractivity contribution is -0.121. The Hall–Kier alpha value is -3.11. The monoisotopic (exact) mass is 435 g/mol. The summed E-state index contributed by atoms with van der Waals surface area (Å²) in [5, 5.41) is 13.5. The van der Waals surface area contributed by atoms with Gasteiger partial charge in [-0.25, -0.2) is 13.8 Å². The first kappa shape index (κ1) is 23.2. The molecule has 30 heavy (non-hydrogen) atoms. The van der Waals surface area contributed by atoms with E-state index in [0.717, 1.165) is 4.31 Å². The highest BCUT2D eigenvalue weighted by atomic mass is 32.2. The highest BCUT2D eigenvalue weighted by Gasteiger charge is 2.23. The van der Waals surface area contributed by atoms with E-state index in [1.807, 2.05) is 0 Å². The predicted octanol–water partition coefficient (Wildman–Crippen LogP) is 1.88. The molecule has 0 saturated heterocycles. The van der Waals surface area contributed by atoms with Crippen LogP contribution in [-0.4, -0.2) is 57.3 Å². The number of nitrogens with one attached hydrogen (secondary N) is 1. The summed E-state index contributed by atoms with van der Waals surface area (Å²) in [5.41, 5.74) is 3.54. The standard InChI is InChI=1S/C20H25N3O6S/c1-5-29-19-11-15(6-8-17(19)24)12-21-22-20(25)13-23(3)30(26,27)16-7-9-18(28-4)14(2)10-16/h6-12,24H,5,13H2,1-4H3,(H,22,25)/b21-12+. The molecule has 0 saturated carbocycles. The molecule has 0 radical (unpaired) electrons. The number of hydrogen-bond donors (Lipinski definition) is 2. The van der Waals surface area contributed by atoms with Crippen molar-refractivity contribution in [1.82, 2.24) is 9.73 Å². The summed E-state index contributed by atoms with van der Waals surface area (Å²) in [4.78, 5) is 12.2. The van der Waals surface area contributed by atoms with E-state index in [1.54, 1.807) is 32.0 Å². The number of rotatable bonds is 9. The van der Waals surface area contributed by atoms with E-state index < -0.39 is 22.5 Å². The molecule has 2 N–H and O–H groups in total. The molecular weight excluding hydrogens is 410 g/mol. The number of phenolic OH excluding ortho intramolecular Hbond substituents is 1. The van der Waals surface area contributed by atoms with Gasteiger partial charge in [-0.05, 0) is 61.4 Å². The van der Waals surface area contributed by atoms with Crippen molar-refractivity contribution in [3.63, 3.8) is 0 Å². The van der Waals surface area contributed by atoms with Gasteiger partial charge in [-0.2, -0.15) is 9.41 Å². The van der Waals surface area contributed by atoms with E-state index in [0.29, 0.717) is 29.2 Å². The van der Waals surface area contributed by atoms with Gasteiger partial charge in [0.25, 0.3) is 5.91 Å². The number of amides is 1. The van der Waals surface area contributed by atoms with Gasteiger partial charge in [0, 0.05) is 7.05 Å². The smallest absolute Gasteiger partial charge is 0.255 e. The van der Waals surface area contributed by atoms with Crippen LogP contribution in [0.15, 0.2) is 46.4 Å². The minimum Gasteiger partial charge on any atom is -0.504 e. The quantitative estimate of drug-likeness (QED) is 0.459. The van der Waals surface area contributed by atoms with Gasteiger partial charge in [-0.1, -0.05) is 0 Å². The van der Waals surface area contributed by atoms with Gasteiger partial charge < -0.3 is 14.6 Å². The third-order valence-electron chi connectivity index (χ3n) is 4.13. The SMILES string of the molecule is CCOc1cc(/C=N/NC(=O)CN(C)S(=O)(=O)c2ccc(OC)c(C)c2)ccc1O. The van der Waals surface area contributed by atoms with E-state index in [1.165, 1.54) is 38.6 Å². The Morgan fingerprint density at radius 3 is 2.60 bits per heavy atom. The van der Waals surface area contributed by atoms with Gasteiger partial charge >= 0.3 is 0 Å². The van der Waals surface area contributed by atoms with Crippen molar-refractivity contribution < 1.29 is 27.8 Å². The number of carbonyl (C=O) groups excluding carboxylic acids is 1. The number of methoxy groups -OCH3 is 1. The number of hydrazone groups is 1. The van der Waals surface area contributed by atoms with Crippen LogP contribution in [0.1, 0.15) is 18.1 Å². The number of hydrogen-bond acceptors (Lipinski definition) is 7. The lowest BCUT2D eigenvalue weighted by atomic mass is 10.2. The van der Waals surface area contributed by atoms with Crippen LogP contribution < -0.4 is 14.9 Å². The van der Waals surface area contributed by atoms with Crippen molar-refractivity contribution in [2.24, 2.45) is 5.10 Å². The van der Waals surface area contributed by atoms with Crippen LogP contribution in [0, 0.1) is 6.92 Å². The first-order valence-electron chi connectivity index (χ1n) is 9.07. The Morgan fingerprint density at radius 1 is 1.23 bits per heavy atom. The van der Waals surface area contributed by atoms with Gasteiger partial charge in [-0.15, -0.1) is 0 Å². The summed E-state index contributed by atoms with van der Waals surface area (Å²) in [6.45, 7) is 3.50. The first-order chi connectivity index (χ1) is 14.2. The molecule has 0 spiro atoms. The maximum Gasteiger partial charge on any atom is 0.255 e. The molecular formula is C20H25N3O6S. The number of aryl methyl sites for hydroxylation is 1. The molecule has 0 bridgehead atoms. The summed E-state index contributed by atoms with van der Waals surface area (Å²) in [6, 6.07) is 9.09. The van der Waals surface area contributed by atoms with Crippen LogP contribution >= 0.6 is 0 Å². The molecule has 2 rings (SSSR count). The maximum absolute atomic E-state index is 12.7. The zero-order chi connectivity index (χ0) is 22.3. The Bertz CT molecular complexity index is 1040. The number of benzene rings is 2. The maximum atomic E-state index is 12.7. The van der Waals surface area contributed by atoms with Gasteiger partial charge in [0.05, 0.1) is 31.4 Å². The second-order valence-corrected chi connectivity index (χ2v) is 8.39. The van der Waals surface area contributed by atoms with E-state index in [2.05, 4.69) is 10.5 Å². The molecule has 162 valence electrons. The molecule has 0 aliphatic carbocycles. The minimum atomic E-state index is -3.85. The highest BCUT2D eigenvalue weighted by Crippen LogP contribution is 2.26. The number of ether oxygens (including phenoxy) is 2. The molecule has 2 aromatic rings. The Morgan fingerprint density at radius 2 is 1.97 bits per heavy atom. The third kappa shape index (κ3) is 5.71. The molecule has 0 unspecified atom stereocenters. The second kappa shape index (κ2) is 10.1. The van der Waals surface area contributed by atoms with E-state index in [9.17, 15) is 18.3 Å². The largest absolute Gasteiger partial charge is 0.504 e. The topological polar surface area (TPSA) is 118 Å². The molecule has 2 aromatic carbocycles. The fraction of sp³-hybridized carbons (Fsp3) is 0.300. The highest BCUT2D eigenvalue weighted by molar-refractivity contribution is 7.89. The molecule has 0 fully saturated rings. The molecule has 0 atom stereocenters. The van der Waals surface area contributed by atoms with Crippen LogP contribution in [0.2, 0.25) is 0 Å².